The number of benzene rings is 4. The predicted octanol–water partition coefficient (Wildman–Crippen LogP) is 7.25. The van der Waals surface area contributed by atoms with Crippen LogP contribution in [0.2, 0.25) is 5.02 Å². The van der Waals surface area contributed by atoms with Gasteiger partial charge in [-0.25, -0.2) is 8.42 Å². The Kier molecular flexibility index (Phi) is 12.0. The highest BCUT2D eigenvalue weighted by Gasteiger charge is 2.36. The van der Waals surface area contributed by atoms with Gasteiger partial charge in [-0.15, -0.1) is 0 Å². The summed E-state index contributed by atoms with van der Waals surface area (Å²) >= 11 is 6.21. The van der Waals surface area contributed by atoms with E-state index in [1.807, 2.05) is 62.4 Å². The summed E-state index contributed by atoms with van der Waals surface area (Å²) in [6.45, 7) is 3.22. The zero-order chi connectivity index (χ0) is 35.0. The van der Waals surface area contributed by atoms with E-state index in [0.717, 1.165) is 58.7 Å². The van der Waals surface area contributed by atoms with Crippen molar-refractivity contribution in [3.63, 3.8) is 0 Å². The number of carbonyl (C=O) groups excluding carboxylic acids is 2. The average molecular weight is 702 g/mol. The van der Waals surface area contributed by atoms with Crippen LogP contribution in [0.25, 0.3) is 0 Å². The van der Waals surface area contributed by atoms with Crippen LogP contribution >= 0.6 is 11.6 Å². The van der Waals surface area contributed by atoms with Crippen LogP contribution in [0.1, 0.15) is 54.4 Å². The number of hydrogen-bond donors (Lipinski definition) is 1. The van der Waals surface area contributed by atoms with E-state index >= 15 is 0 Å². The SMILES string of the molecule is COc1ccc(C)cc1N(CC(=O)N(Cc1ccc(Cl)cc1)[C@@H](Cc1ccccc1)C(=O)NC1CCCCC1)S(=O)(=O)c1ccc(C)cc1. The lowest BCUT2D eigenvalue weighted by Crippen LogP contribution is -2.55. The van der Waals surface area contributed by atoms with Gasteiger partial charge in [0.1, 0.15) is 18.3 Å². The minimum absolute atomic E-state index is 0.0157. The van der Waals surface area contributed by atoms with Gasteiger partial charge in [-0.2, -0.15) is 0 Å². The first-order valence-electron chi connectivity index (χ1n) is 16.7. The number of halogens is 1. The molecule has 0 aliphatic heterocycles. The van der Waals surface area contributed by atoms with Gasteiger partial charge in [-0.3, -0.25) is 13.9 Å². The van der Waals surface area contributed by atoms with Crippen LogP contribution in [-0.2, 0) is 32.6 Å². The molecule has 8 nitrogen and oxygen atoms in total. The van der Waals surface area contributed by atoms with E-state index in [2.05, 4.69) is 5.32 Å². The number of nitrogens with one attached hydrogen (secondary N) is 1. The summed E-state index contributed by atoms with van der Waals surface area (Å²) in [6.07, 6.45) is 5.21. The van der Waals surface area contributed by atoms with Crippen LogP contribution in [0, 0.1) is 13.8 Å². The minimum Gasteiger partial charge on any atom is -0.495 e. The molecule has 2 amide bonds. The maximum atomic E-state index is 14.8. The van der Waals surface area contributed by atoms with Gasteiger partial charge < -0.3 is 15.0 Å². The van der Waals surface area contributed by atoms with Crippen molar-refractivity contribution in [2.24, 2.45) is 0 Å². The van der Waals surface area contributed by atoms with Gasteiger partial charge >= 0.3 is 0 Å². The van der Waals surface area contributed by atoms with Crippen molar-refractivity contribution < 1.29 is 22.7 Å². The number of aryl methyl sites for hydroxylation is 2. The summed E-state index contributed by atoms with van der Waals surface area (Å²) in [4.78, 5) is 30.6. The van der Waals surface area contributed by atoms with Crippen molar-refractivity contribution in [1.29, 1.82) is 0 Å². The van der Waals surface area contributed by atoms with Crippen molar-refractivity contribution in [1.82, 2.24) is 10.2 Å². The highest BCUT2D eigenvalue weighted by atomic mass is 35.5. The second-order valence-electron chi connectivity index (χ2n) is 12.7. The number of anilines is 1. The van der Waals surface area contributed by atoms with Crippen molar-refractivity contribution in [2.75, 3.05) is 18.0 Å². The molecule has 1 atom stereocenters. The topological polar surface area (TPSA) is 96.0 Å². The van der Waals surface area contributed by atoms with Crippen LogP contribution in [0.15, 0.2) is 102 Å². The number of nitrogens with zero attached hydrogens (tertiary/aromatic N) is 2. The van der Waals surface area contributed by atoms with Crippen molar-refractivity contribution in [3.05, 3.63) is 124 Å². The van der Waals surface area contributed by atoms with Gasteiger partial charge in [0.2, 0.25) is 11.8 Å². The second kappa shape index (κ2) is 16.4. The van der Waals surface area contributed by atoms with Crippen molar-refractivity contribution in [2.45, 2.75) is 75.9 Å². The standard InChI is InChI=1S/C39H44ClN3O5S/c1-28-14-21-34(22-15-28)49(46,47)43(35-24-29(2)16-23-37(35)48-3)27-38(44)42(26-31-17-19-32(40)20-18-31)36(25-30-10-6-4-7-11-30)39(45)41-33-12-8-5-9-13-33/h4,6-7,10-11,14-24,33,36H,5,8-9,12-13,25-27H2,1-3H3,(H,41,45)/t36-/m0/s1. The average Bonchev–Trinajstić information content (AvgIpc) is 3.10. The molecular weight excluding hydrogens is 658 g/mol. The molecule has 0 bridgehead atoms. The molecule has 4 aromatic rings. The predicted molar refractivity (Wildman–Crippen MR) is 194 cm³/mol. The first kappa shape index (κ1) is 36.0. The number of hydrogen-bond acceptors (Lipinski definition) is 5. The third-order valence-corrected chi connectivity index (χ3v) is 11.0. The fourth-order valence-electron chi connectivity index (χ4n) is 6.23. The van der Waals surface area contributed by atoms with E-state index in [0.29, 0.717) is 10.8 Å². The van der Waals surface area contributed by atoms with Gasteiger partial charge in [0, 0.05) is 24.0 Å². The first-order chi connectivity index (χ1) is 23.5. The molecule has 0 unspecified atom stereocenters. The molecule has 0 spiro atoms. The minimum atomic E-state index is -4.27. The quantitative estimate of drug-likeness (QED) is 0.159. The molecule has 0 saturated heterocycles. The molecular formula is C39H44ClN3O5S. The monoisotopic (exact) mass is 701 g/mol. The van der Waals surface area contributed by atoms with Gasteiger partial charge in [-0.05, 0) is 79.8 Å². The smallest absolute Gasteiger partial charge is 0.264 e. The third-order valence-electron chi connectivity index (χ3n) is 8.98. The lowest BCUT2D eigenvalue weighted by molar-refractivity contribution is -0.140. The maximum absolute atomic E-state index is 14.8. The number of carbonyl (C=O) groups is 2. The Balaban J connectivity index is 1.60. The van der Waals surface area contributed by atoms with Crippen LogP contribution in [0.5, 0.6) is 5.75 Å². The zero-order valence-electron chi connectivity index (χ0n) is 28.3. The van der Waals surface area contributed by atoms with Crippen LogP contribution < -0.4 is 14.4 Å². The van der Waals surface area contributed by atoms with Crippen molar-refractivity contribution in [3.8, 4) is 5.75 Å². The molecule has 0 heterocycles. The summed E-state index contributed by atoms with van der Waals surface area (Å²) in [5.74, 6) is -0.498. The fourth-order valence-corrected chi connectivity index (χ4v) is 7.77. The molecule has 49 heavy (non-hydrogen) atoms. The molecule has 1 saturated carbocycles. The number of rotatable bonds is 13. The Labute approximate surface area is 295 Å². The number of sulfonamides is 1. The van der Waals surface area contributed by atoms with E-state index in [1.54, 1.807) is 36.4 Å². The van der Waals surface area contributed by atoms with E-state index in [4.69, 9.17) is 16.3 Å². The summed E-state index contributed by atoms with van der Waals surface area (Å²) in [5, 5.41) is 3.78. The lowest BCUT2D eigenvalue weighted by Gasteiger charge is -2.35. The fraction of sp³-hybridized carbons (Fsp3) is 0.333. The molecule has 5 rings (SSSR count). The summed E-state index contributed by atoms with van der Waals surface area (Å²) in [7, 11) is -2.80. The van der Waals surface area contributed by atoms with E-state index < -0.39 is 28.5 Å². The Hall–Kier alpha value is -4.34. The lowest BCUT2D eigenvalue weighted by atomic mass is 9.94. The summed E-state index contributed by atoms with van der Waals surface area (Å²) < 4.78 is 35.6. The molecule has 1 aliphatic rings. The number of ether oxygens (including phenoxy) is 1. The summed E-state index contributed by atoms with van der Waals surface area (Å²) in [5.41, 5.74) is 3.55. The third kappa shape index (κ3) is 9.22. The molecule has 10 heteroatoms. The van der Waals surface area contributed by atoms with Gasteiger partial charge in [0.15, 0.2) is 0 Å². The molecule has 1 aliphatic carbocycles. The van der Waals surface area contributed by atoms with Crippen molar-refractivity contribution >= 4 is 39.1 Å². The van der Waals surface area contributed by atoms with E-state index in [1.165, 1.54) is 24.1 Å². The Morgan fingerprint density at radius 2 is 1.51 bits per heavy atom. The molecule has 258 valence electrons. The first-order valence-corrected chi connectivity index (χ1v) is 18.5. The molecule has 0 radical (unpaired) electrons. The van der Waals surface area contributed by atoms with Crippen LogP contribution in [0.3, 0.4) is 0 Å². The van der Waals surface area contributed by atoms with Gasteiger partial charge in [-0.1, -0.05) is 97.1 Å². The highest BCUT2D eigenvalue weighted by Crippen LogP contribution is 2.34. The molecule has 1 fully saturated rings. The molecule has 0 aromatic heterocycles. The Morgan fingerprint density at radius 1 is 0.857 bits per heavy atom. The summed E-state index contributed by atoms with van der Waals surface area (Å²) in [6, 6.07) is 27.5. The second-order valence-corrected chi connectivity index (χ2v) is 15.0. The number of amides is 2. The molecule has 1 N–H and O–H groups in total. The van der Waals surface area contributed by atoms with E-state index in [-0.39, 0.29) is 35.5 Å². The largest absolute Gasteiger partial charge is 0.495 e. The highest BCUT2D eigenvalue weighted by molar-refractivity contribution is 7.92. The van der Waals surface area contributed by atoms with E-state index in [9.17, 15) is 18.0 Å². The normalized spacial score (nSPS) is 14.1. The zero-order valence-corrected chi connectivity index (χ0v) is 29.8. The van der Waals surface area contributed by atoms with Crippen LogP contribution in [-0.4, -0.2) is 50.9 Å². The Bertz CT molecular complexity index is 1830. The number of methoxy groups -OCH3 is 1. The van der Waals surface area contributed by atoms with Gasteiger partial charge in [0.25, 0.3) is 10.0 Å². The Morgan fingerprint density at radius 3 is 2.16 bits per heavy atom. The van der Waals surface area contributed by atoms with Gasteiger partial charge in [0.05, 0.1) is 17.7 Å². The van der Waals surface area contributed by atoms with Crippen LogP contribution in [0.4, 0.5) is 5.69 Å². The molecule has 4 aromatic carbocycles. The maximum Gasteiger partial charge on any atom is 0.264 e.